The first-order valence-corrected chi connectivity index (χ1v) is 11.5. The Morgan fingerprint density at radius 2 is 1.85 bits per heavy atom. The molecule has 0 unspecified atom stereocenters. The molecule has 2 N–H and O–H groups in total. The minimum Gasteiger partial charge on any atom is -0.444 e. The lowest BCUT2D eigenvalue weighted by Crippen LogP contribution is -2.49. The highest BCUT2D eigenvalue weighted by molar-refractivity contribution is 6.33. The zero-order valence-corrected chi connectivity index (χ0v) is 20.4. The minimum absolute atomic E-state index is 0.176. The van der Waals surface area contributed by atoms with Crippen LogP contribution in [0.1, 0.15) is 37.5 Å². The van der Waals surface area contributed by atoms with E-state index in [9.17, 15) is 4.79 Å². The Morgan fingerprint density at radius 3 is 2.55 bits per heavy atom. The van der Waals surface area contributed by atoms with E-state index in [1.807, 2.05) is 33.0 Å². The van der Waals surface area contributed by atoms with Gasteiger partial charge in [0.15, 0.2) is 5.15 Å². The molecule has 3 aromatic rings. The fourth-order valence-corrected chi connectivity index (χ4v) is 4.35. The highest BCUT2D eigenvalue weighted by Gasteiger charge is 2.25. The summed E-state index contributed by atoms with van der Waals surface area (Å²) in [4.78, 5) is 24.8. The maximum atomic E-state index is 12.3. The van der Waals surface area contributed by atoms with Gasteiger partial charge in [-0.25, -0.2) is 9.78 Å². The largest absolute Gasteiger partial charge is 0.444 e. The van der Waals surface area contributed by atoms with Crippen LogP contribution in [0.25, 0.3) is 11.0 Å². The van der Waals surface area contributed by atoms with Gasteiger partial charge in [-0.05, 0) is 50.5 Å². The Morgan fingerprint density at radius 1 is 1.12 bits per heavy atom. The van der Waals surface area contributed by atoms with Gasteiger partial charge >= 0.3 is 6.09 Å². The number of aryl methyl sites for hydroxylation is 1. The highest BCUT2D eigenvalue weighted by Crippen LogP contribution is 2.24. The average Bonchev–Trinajstić information content (AvgIpc) is 3.12. The second-order valence-corrected chi connectivity index (χ2v) is 9.91. The Bertz CT molecular complexity index is 1160. The van der Waals surface area contributed by atoms with E-state index in [0.717, 1.165) is 30.7 Å². The van der Waals surface area contributed by atoms with E-state index in [-0.39, 0.29) is 12.0 Å². The van der Waals surface area contributed by atoms with Crippen molar-refractivity contribution in [2.75, 3.05) is 31.9 Å². The van der Waals surface area contributed by atoms with E-state index >= 15 is 0 Å². The Labute approximate surface area is 199 Å². The van der Waals surface area contributed by atoms with Crippen LogP contribution in [-0.4, -0.2) is 62.2 Å². The van der Waals surface area contributed by atoms with Gasteiger partial charge in [0.05, 0.1) is 5.52 Å². The molecule has 3 heterocycles. The maximum absolute atomic E-state index is 12.3. The number of piperazine rings is 1. The van der Waals surface area contributed by atoms with Gasteiger partial charge in [0.1, 0.15) is 11.1 Å². The first-order chi connectivity index (χ1) is 15.6. The molecule has 9 heteroatoms. The van der Waals surface area contributed by atoms with Gasteiger partial charge in [0.25, 0.3) is 0 Å². The predicted octanol–water partition coefficient (Wildman–Crippen LogP) is 4.08. The van der Waals surface area contributed by atoms with Gasteiger partial charge in [-0.15, -0.1) is 0 Å². The number of ether oxygens (including phenoxy) is 1. The van der Waals surface area contributed by atoms with Gasteiger partial charge in [0, 0.05) is 45.5 Å². The van der Waals surface area contributed by atoms with Gasteiger partial charge in [-0.2, -0.15) is 4.98 Å². The predicted molar refractivity (Wildman–Crippen MR) is 130 cm³/mol. The molecule has 4 rings (SSSR count). The van der Waals surface area contributed by atoms with Crippen LogP contribution in [0, 0.1) is 6.92 Å². The lowest BCUT2D eigenvalue weighted by atomic mass is 10.0. The number of nitrogen functional groups attached to an aromatic ring is 1. The molecule has 0 atom stereocenters. The van der Waals surface area contributed by atoms with Crippen LogP contribution in [-0.2, 0) is 17.8 Å². The summed E-state index contributed by atoms with van der Waals surface area (Å²) in [6, 6.07) is 8.48. The average molecular weight is 471 g/mol. The summed E-state index contributed by atoms with van der Waals surface area (Å²) in [5.74, 6) is 0.176. The molecule has 0 aliphatic carbocycles. The van der Waals surface area contributed by atoms with E-state index in [0.29, 0.717) is 24.8 Å². The smallest absolute Gasteiger partial charge is 0.410 e. The third kappa shape index (κ3) is 5.57. The fourth-order valence-electron chi connectivity index (χ4n) is 4.06. The van der Waals surface area contributed by atoms with Crippen LogP contribution in [0.15, 0.2) is 30.5 Å². The maximum Gasteiger partial charge on any atom is 0.410 e. The van der Waals surface area contributed by atoms with Gasteiger partial charge < -0.3 is 19.9 Å². The molecule has 1 saturated heterocycles. The van der Waals surface area contributed by atoms with E-state index in [1.54, 1.807) is 4.90 Å². The molecule has 0 radical (unpaired) electrons. The topological polar surface area (TPSA) is 89.5 Å². The summed E-state index contributed by atoms with van der Waals surface area (Å²) >= 11 is 6.35. The van der Waals surface area contributed by atoms with Crippen molar-refractivity contribution in [1.82, 2.24) is 24.3 Å². The van der Waals surface area contributed by atoms with E-state index in [2.05, 4.69) is 44.6 Å². The third-order valence-corrected chi connectivity index (χ3v) is 6.03. The van der Waals surface area contributed by atoms with Gasteiger partial charge in [-0.1, -0.05) is 29.8 Å². The van der Waals surface area contributed by atoms with Crippen LogP contribution in [0.5, 0.6) is 0 Å². The fraction of sp³-hybridized carbons (Fsp3) is 0.458. The van der Waals surface area contributed by atoms with Gasteiger partial charge in [-0.3, -0.25) is 4.90 Å². The van der Waals surface area contributed by atoms with Crippen molar-refractivity contribution in [2.45, 2.75) is 46.4 Å². The second-order valence-electron chi connectivity index (χ2n) is 9.55. The molecule has 2 aromatic heterocycles. The molecule has 8 nitrogen and oxygen atoms in total. The number of nitrogens with zero attached hydrogens (tertiary/aromatic N) is 5. The molecule has 1 aliphatic heterocycles. The van der Waals surface area contributed by atoms with Crippen molar-refractivity contribution in [3.8, 4) is 0 Å². The lowest BCUT2D eigenvalue weighted by molar-refractivity contribution is 0.0139. The number of amides is 1. The van der Waals surface area contributed by atoms with Crippen LogP contribution in [0.4, 0.5) is 10.7 Å². The number of aromatic nitrogens is 3. The zero-order chi connectivity index (χ0) is 23.8. The first-order valence-electron chi connectivity index (χ1n) is 11.2. The zero-order valence-electron chi connectivity index (χ0n) is 19.6. The third-order valence-electron chi connectivity index (χ3n) is 5.77. The van der Waals surface area contributed by atoms with Crippen molar-refractivity contribution in [2.24, 2.45) is 0 Å². The second kappa shape index (κ2) is 9.19. The number of hydrogen-bond donors (Lipinski definition) is 1. The molecule has 1 amide bonds. The molecule has 176 valence electrons. The summed E-state index contributed by atoms with van der Waals surface area (Å²) in [7, 11) is 0. The van der Waals surface area contributed by atoms with Gasteiger partial charge in [0.2, 0.25) is 5.95 Å². The molecule has 0 spiro atoms. The summed E-state index contributed by atoms with van der Waals surface area (Å²) in [5, 5.41) is 0.360. The molecular formula is C24H31ClN6O2. The highest BCUT2D eigenvalue weighted by atomic mass is 35.5. The summed E-state index contributed by atoms with van der Waals surface area (Å²) < 4.78 is 7.55. The number of halogens is 1. The van der Waals surface area contributed by atoms with E-state index in [4.69, 9.17) is 22.1 Å². The van der Waals surface area contributed by atoms with Crippen LogP contribution < -0.4 is 5.73 Å². The molecule has 0 bridgehead atoms. The number of nitrogens with two attached hydrogens (primary N) is 1. The van der Waals surface area contributed by atoms with Crippen LogP contribution in [0.2, 0.25) is 5.15 Å². The quantitative estimate of drug-likeness (QED) is 0.578. The van der Waals surface area contributed by atoms with Crippen molar-refractivity contribution in [1.29, 1.82) is 0 Å². The minimum atomic E-state index is -0.472. The van der Waals surface area contributed by atoms with E-state index < -0.39 is 5.60 Å². The number of rotatable bonds is 4. The monoisotopic (exact) mass is 470 g/mol. The van der Waals surface area contributed by atoms with Crippen molar-refractivity contribution >= 4 is 34.7 Å². The lowest BCUT2D eigenvalue weighted by Gasteiger charge is -2.35. The van der Waals surface area contributed by atoms with Crippen molar-refractivity contribution in [3.63, 3.8) is 0 Å². The molecular weight excluding hydrogens is 440 g/mol. The van der Waals surface area contributed by atoms with Crippen LogP contribution in [0.3, 0.4) is 0 Å². The Balaban J connectivity index is 1.42. The molecule has 0 saturated carbocycles. The number of anilines is 1. The molecule has 1 aromatic carbocycles. The van der Waals surface area contributed by atoms with Crippen molar-refractivity contribution in [3.05, 3.63) is 52.3 Å². The number of hydrogen-bond acceptors (Lipinski definition) is 6. The van der Waals surface area contributed by atoms with Crippen LogP contribution >= 0.6 is 11.6 Å². The Hall–Kier alpha value is -2.84. The standard InChI is InChI=1S/C24H31ClN6O2/c1-16-5-6-17(14-29-9-11-30(12-10-29)23(32)33-24(2,3)4)13-18(16)15-31-8-7-19-20(31)21(25)28-22(26)27-19/h5-8,13H,9-12,14-15H2,1-4H3,(H2,26,27,28). The van der Waals surface area contributed by atoms with E-state index in [1.165, 1.54) is 16.7 Å². The molecule has 33 heavy (non-hydrogen) atoms. The number of benzene rings is 1. The normalized spacial score (nSPS) is 15.2. The summed E-state index contributed by atoms with van der Waals surface area (Å²) in [6.07, 6.45) is 1.73. The molecule has 1 fully saturated rings. The molecule has 1 aliphatic rings. The summed E-state index contributed by atoms with van der Waals surface area (Å²) in [6.45, 7) is 12.3. The number of carbonyl (C=O) groups excluding carboxylic acids is 1. The van der Waals surface area contributed by atoms with Crippen molar-refractivity contribution < 1.29 is 9.53 Å². The Kier molecular flexibility index (Phi) is 6.50. The number of carbonyl (C=O) groups is 1. The number of fused-ring (bicyclic) bond motifs is 1. The SMILES string of the molecule is Cc1ccc(CN2CCN(C(=O)OC(C)(C)C)CC2)cc1Cn1ccc2nc(N)nc(Cl)c21. The summed E-state index contributed by atoms with van der Waals surface area (Å²) in [5.41, 5.74) is 10.4. The first kappa shape index (κ1) is 23.3.